The van der Waals surface area contributed by atoms with E-state index >= 15 is 0 Å². The Balaban J connectivity index is 1.81. The second-order valence-electron chi connectivity index (χ2n) is 5.30. The molecule has 19 heavy (non-hydrogen) atoms. The van der Waals surface area contributed by atoms with Gasteiger partial charge in [-0.25, -0.2) is 0 Å². The highest BCUT2D eigenvalue weighted by Gasteiger charge is 2.19. The molecule has 2 atom stereocenters. The van der Waals surface area contributed by atoms with Crippen LogP contribution in [-0.4, -0.2) is 35.9 Å². The van der Waals surface area contributed by atoms with E-state index in [0.717, 1.165) is 63.6 Å². The molecule has 1 aliphatic rings. The van der Waals surface area contributed by atoms with Gasteiger partial charge >= 0.3 is 0 Å². The van der Waals surface area contributed by atoms with Crippen molar-refractivity contribution in [2.24, 2.45) is 5.92 Å². The fraction of sp³-hybridized carbons (Fsp3) is 0.857. The van der Waals surface area contributed by atoms with E-state index in [1.807, 2.05) is 0 Å². The first-order valence-corrected chi connectivity index (χ1v) is 7.44. The molecule has 2 unspecified atom stereocenters. The minimum absolute atomic E-state index is 0.433. The predicted molar refractivity (Wildman–Crippen MR) is 73.0 cm³/mol. The van der Waals surface area contributed by atoms with Crippen molar-refractivity contribution in [2.45, 2.75) is 52.0 Å². The quantitative estimate of drug-likeness (QED) is 0.780. The molecular formula is C14H25N3O2. The Morgan fingerprint density at radius 2 is 2.32 bits per heavy atom. The molecule has 0 aromatic carbocycles. The maximum atomic E-state index is 5.37. The summed E-state index contributed by atoms with van der Waals surface area (Å²) in [7, 11) is 0. The number of ether oxygens (including phenoxy) is 1. The Hall–Kier alpha value is -0.940. The lowest BCUT2D eigenvalue weighted by molar-refractivity contribution is 0.185. The molecule has 1 aromatic rings. The lowest BCUT2D eigenvalue weighted by atomic mass is 10.1. The average molecular weight is 267 g/mol. The van der Waals surface area contributed by atoms with Gasteiger partial charge in [0.05, 0.1) is 0 Å². The van der Waals surface area contributed by atoms with Gasteiger partial charge in [-0.1, -0.05) is 19.0 Å². The second-order valence-corrected chi connectivity index (χ2v) is 5.30. The minimum Gasteiger partial charge on any atom is -0.381 e. The van der Waals surface area contributed by atoms with Gasteiger partial charge in [0.15, 0.2) is 5.82 Å². The van der Waals surface area contributed by atoms with Crippen molar-refractivity contribution in [3.63, 3.8) is 0 Å². The number of nitrogens with zero attached hydrogens (tertiary/aromatic N) is 2. The van der Waals surface area contributed by atoms with E-state index in [1.165, 1.54) is 0 Å². The Morgan fingerprint density at radius 1 is 1.42 bits per heavy atom. The lowest BCUT2D eigenvalue weighted by Gasteiger charge is -2.13. The highest BCUT2D eigenvalue weighted by molar-refractivity contribution is 4.91. The highest BCUT2D eigenvalue weighted by atomic mass is 16.5. The Morgan fingerprint density at radius 3 is 3.00 bits per heavy atom. The highest BCUT2D eigenvalue weighted by Crippen LogP contribution is 2.17. The molecule has 5 heteroatoms. The summed E-state index contributed by atoms with van der Waals surface area (Å²) in [6, 6.07) is 0.433. The molecule has 1 N–H and O–H groups in total. The van der Waals surface area contributed by atoms with Crippen LogP contribution in [0.1, 0.15) is 44.8 Å². The van der Waals surface area contributed by atoms with Gasteiger partial charge in [-0.3, -0.25) is 0 Å². The number of rotatable bonds is 8. The van der Waals surface area contributed by atoms with Crippen LogP contribution in [0.3, 0.4) is 0 Å². The first-order valence-electron chi connectivity index (χ1n) is 7.44. The van der Waals surface area contributed by atoms with E-state index < -0.39 is 0 Å². The molecule has 0 aliphatic carbocycles. The molecule has 0 saturated carbocycles. The third-order valence-electron chi connectivity index (χ3n) is 3.60. The molecule has 1 saturated heterocycles. The molecule has 0 radical (unpaired) electrons. The Bertz CT molecular complexity index is 361. The molecule has 108 valence electrons. The molecule has 2 rings (SSSR count). The number of aromatic nitrogens is 2. The number of hydrogen-bond donors (Lipinski definition) is 1. The summed E-state index contributed by atoms with van der Waals surface area (Å²) in [4.78, 5) is 4.50. The first kappa shape index (κ1) is 14.5. The summed E-state index contributed by atoms with van der Waals surface area (Å²) in [5.41, 5.74) is 0. The molecule has 0 spiro atoms. The molecule has 0 amide bonds. The first-order chi connectivity index (χ1) is 9.31. The van der Waals surface area contributed by atoms with Gasteiger partial charge in [-0.05, 0) is 31.7 Å². The molecule has 1 aliphatic heterocycles. The zero-order valence-electron chi connectivity index (χ0n) is 12.0. The van der Waals surface area contributed by atoms with Crippen LogP contribution in [0.2, 0.25) is 0 Å². The van der Waals surface area contributed by atoms with Gasteiger partial charge in [0.1, 0.15) is 0 Å². The van der Waals surface area contributed by atoms with Crippen LogP contribution in [0.5, 0.6) is 0 Å². The van der Waals surface area contributed by atoms with E-state index in [-0.39, 0.29) is 0 Å². The van der Waals surface area contributed by atoms with E-state index in [4.69, 9.17) is 9.26 Å². The largest absolute Gasteiger partial charge is 0.381 e. The zero-order chi connectivity index (χ0) is 13.5. The Kier molecular flexibility index (Phi) is 5.79. The van der Waals surface area contributed by atoms with Gasteiger partial charge in [0, 0.05) is 32.1 Å². The van der Waals surface area contributed by atoms with E-state index in [1.54, 1.807) is 0 Å². The van der Waals surface area contributed by atoms with Crippen LogP contribution in [0.15, 0.2) is 4.52 Å². The van der Waals surface area contributed by atoms with E-state index in [9.17, 15) is 0 Å². The summed E-state index contributed by atoms with van der Waals surface area (Å²) < 4.78 is 10.7. The minimum atomic E-state index is 0.433. The maximum absolute atomic E-state index is 5.37. The topological polar surface area (TPSA) is 60.2 Å². The third kappa shape index (κ3) is 4.58. The van der Waals surface area contributed by atoms with Gasteiger partial charge < -0.3 is 14.6 Å². The standard InChI is InChI=1S/C14H25N3O2/c1-3-6-15-12(4-2)9-14-16-13(17-19-14)8-11-5-7-18-10-11/h11-12,15H,3-10H2,1-2H3. The van der Waals surface area contributed by atoms with Crippen molar-refractivity contribution >= 4 is 0 Å². The average Bonchev–Trinajstić information content (AvgIpc) is 3.07. The van der Waals surface area contributed by atoms with Crippen molar-refractivity contribution in [1.82, 2.24) is 15.5 Å². The zero-order valence-corrected chi connectivity index (χ0v) is 12.0. The SMILES string of the molecule is CCCNC(CC)Cc1nc(CC2CCOC2)no1. The van der Waals surface area contributed by atoms with Gasteiger partial charge in [0.2, 0.25) is 5.89 Å². The summed E-state index contributed by atoms with van der Waals surface area (Å²) in [5, 5.41) is 7.58. The molecule has 1 aromatic heterocycles. The van der Waals surface area contributed by atoms with Crippen molar-refractivity contribution in [2.75, 3.05) is 19.8 Å². The van der Waals surface area contributed by atoms with Crippen LogP contribution in [0.4, 0.5) is 0 Å². The van der Waals surface area contributed by atoms with Crippen LogP contribution >= 0.6 is 0 Å². The van der Waals surface area contributed by atoms with Gasteiger partial charge in [0.25, 0.3) is 0 Å². The van der Waals surface area contributed by atoms with Crippen LogP contribution in [0, 0.1) is 5.92 Å². The summed E-state index contributed by atoms with van der Waals surface area (Å²) in [5.74, 6) is 2.14. The van der Waals surface area contributed by atoms with Gasteiger partial charge in [-0.15, -0.1) is 0 Å². The molecule has 5 nitrogen and oxygen atoms in total. The number of nitrogens with one attached hydrogen (secondary N) is 1. The van der Waals surface area contributed by atoms with Crippen LogP contribution < -0.4 is 5.32 Å². The lowest BCUT2D eigenvalue weighted by Crippen LogP contribution is -2.31. The molecule has 0 bridgehead atoms. The summed E-state index contributed by atoms with van der Waals surface area (Å²) in [6.07, 6.45) is 5.04. The van der Waals surface area contributed by atoms with Crippen molar-refractivity contribution in [3.05, 3.63) is 11.7 Å². The monoisotopic (exact) mass is 267 g/mol. The second kappa shape index (κ2) is 7.60. The van der Waals surface area contributed by atoms with Crippen LogP contribution in [0.25, 0.3) is 0 Å². The van der Waals surface area contributed by atoms with Crippen LogP contribution in [-0.2, 0) is 17.6 Å². The maximum Gasteiger partial charge on any atom is 0.228 e. The fourth-order valence-corrected chi connectivity index (χ4v) is 2.38. The summed E-state index contributed by atoms with van der Waals surface area (Å²) >= 11 is 0. The molecular weight excluding hydrogens is 242 g/mol. The van der Waals surface area contributed by atoms with E-state index in [2.05, 4.69) is 29.3 Å². The third-order valence-corrected chi connectivity index (χ3v) is 3.60. The smallest absolute Gasteiger partial charge is 0.228 e. The van der Waals surface area contributed by atoms with Crippen molar-refractivity contribution in [3.8, 4) is 0 Å². The normalized spacial score (nSPS) is 20.8. The predicted octanol–water partition coefficient (Wildman–Crippen LogP) is 1.97. The molecule has 2 heterocycles. The fourth-order valence-electron chi connectivity index (χ4n) is 2.38. The van der Waals surface area contributed by atoms with Crippen molar-refractivity contribution in [1.29, 1.82) is 0 Å². The van der Waals surface area contributed by atoms with Crippen molar-refractivity contribution < 1.29 is 9.26 Å². The van der Waals surface area contributed by atoms with Gasteiger partial charge in [-0.2, -0.15) is 4.98 Å². The number of hydrogen-bond acceptors (Lipinski definition) is 5. The Labute approximate surface area is 115 Å². The molecule has 1 fully saturated rings. The van der Waals surface area contributed by atoms with E-state index in [0.29, 0.717) is 12.0 Å². The summed E-state index contributed by atoms with van der Waals surface area (Å²) in [6.45, 7) is 7.10.